The minimum atomic E-state index is -0.0981. The van der Waals surface area contributed by atoms with Gasteiger partial charge < -0.3 is 20.1 Å². The molecule has 1 saturated carbocycles. The molecular formula is C16H30N2O3. The van der Waals surface area contributed by atoms with Gasteiger partial charge in [-0.15, -0.1) is 0 Å². The molecule has 0 aromatic carbocycles. The van der Waals surface area contributed by atoms with E-state index in [2.05, 4.69) is 38.3 Å². The molecule has 5 heteroatoms. The number of ether oxygens (including phenoxy) is 2. The number of urea groups is 1. The Labute approximate surface area is 128 Å². The van der Waals surface area contributed by atoms with E-state index < -0.39 is 0 Å². The Balaban J connectivity index is 1.72. The summed E-state index contributed by atoms with van der Waals surface area (Å²) in [5, 5.41) is 6.08. The molecule has 2 N–H and O–H groups in total. The molecule has 0 spiro atoms. The number of amides is 2. The second-order valence-corrected chi connectivity index (χ2v) is 7.49. The Morgan fingerprint density at radius 3 is 2.71 bits per heavy atom. The molecular weight excluding hydrogens is 268 g/mol. The third-order valence-electron chi connectivity index (χ3n) is 4.58. The highest BCUT2D eigenvalue weighted by Crippen LogP contribution is 2.51. The van der Waals surface area contributed by atoms with Gasteiger partial charge in [0.15, 0.2) is 0 Å². The number of rotatable bonds is 6. The molecule has 4 atom stereocenters. The largest absolute Gasteiger partial charge is 0.379 e. The molecule has 2 aliphatic rings. The molecule has 0 aromatic rings. The first-order valence-corrected chi connectivity index (χ1v) is 8.08. The molecule has 2 fully saturated rings. The van der Waals surface area contributed by atoms with Crippen LogP contribution in [0, 0.1) is 17.3 Å². The number of carbonyl (C=O) groups excluding carboxylic acids is 1. The fourth-order valence-electron chi connectivity index (χ4n) is 3.55. The van der Waals surface area contributed by atoms with Crippen LogP contribution in [0.25, 0.3) is 0 Å². The first kappa shape index (κ1) is 16.6. The van der Waals surface area contributed by atoms with Crippen molar-refractivity contribution in [2.24, 2.45) is 17.3 Å². The Morgan fingerprint density at radius 2 is 2.05 bits per heavy atom. The minimum absolute atomic E-state index is 0.0163. The van der Waals surface area contributed by atoms with Crippen molar-refractivity contribution in [1.82, 2.24) is 10.6 Å². The number of carbonyl (C=O) groups is 1. The quantitative estimate of drug-likeness (QED) is 0.790. The number of fused-ring (bicyclic) bond motifs is 1. The van der Waals surface area contributed by atoms with Gasteiger partial charge >= 0.3 is 6.03 Å². The zero-order valence-corrected chi connectivity index (χ0v) is 13.9. The van der Waals surface area contributed by atoms with Gasteiger partial charge in [-0.05, 0) is 19.3 Å². The second kappa shape index (κ2) is 6.53. The Morgan fingerprint density at radius 1 is 1.33 bits per heavy atom. The highest BCUT2D eigenvalue weighted by Gasteiger charge is 2.59. The summed E-state index contributed by atoms with van der Waals surface area (Å²) in [7, 11) is 0. The molecule has 0 bridgehead atoms. The topological polar surface area (TPSA) is 59.6 Å². The van der Waals surface area contributed by atoms with Crippen LogP contribution >= 0.6 is 0 Å². The lowest BCUT2D eigenvalue weighted by atomic mass is 9.57. The second-order valence-electron chi connectivity index (χ2n) is 7.49. The Bertz CT molecular complexity index is 371. The molecule has 122 valence electrons. The third-order valence-corrected chi connectivity index (χ3v) is 4.58. The van der Waals surface area contributed by atoms with E-state index in [4.69, 9.17) is 9.47 Å². The van der Waals surface area contributed by atoms with Crippen LogP contribution in [0.1, 0.15) is 41.0 Å². The summed E-state index contributed by atoms with van der Waals surface area (Å²) in [6.45, 7) is 12.6. The molecule has 1 aliphatic heterocycles. The fraction of sp³-hybridized carbons (Fsp3) is 0.938. The lowest BCUT2D eigenvalue weighted by Crippen LogP contribution is -2.68. The van der Waals surface area contributed by atoms with Gasteiger partial charge in [0.05, 0.1) is 18.8 Å². The molecule has 21 heavy (non-hydrogen) atoms. The van der Waals surface area contributed by atoms with Crippen molar-refractivity contribution in [1.29, 1.82) is 0 Å². The first-order chi connectivity index (χ1) is 9.82. The van der Waals surface area contributed by atoms with Gasteiger partial charge in [0.1, 0.15) is 0 Å². The van der Waals surface area contributed by atoms with E-state index >= 15 is 0 Å². The molecule has 0 radical (unpaired) electrons. The molecule has 1 saturated heterocycles. The molecule has 1 aliphatic carbocycles. The maximum atomic E-state index is 12.1. The van der Waals surface area contributed by atoms with Crippen LogP contribution in [0.3, 0.4) is 0 Å². The molecule has 2 rings (SSSR count). The molecule has 1 heterocycles. The van der Waals surface area contributed by atoms with Crippen LogP contribution in [-0.4, -0.2) is 44.0 Å². The van der Waals surface area contributed by atoms with Crippen LogP contribution in [0.15, 0.2) is 0 Å². The van der Waals surface area contributed by atoms with Gasteiger partial charge in [-0.25, -0.2) is 4.79 Å². The lowest BCUT2D eigenvalue weighted by Gasteiger charge is -2.54. The summed E-state index contributed by atoms with van der Waals surface area (Å²) < 4.78 is 11.3. The van der Waals surface area contributed by atoms with Gasteiger partial charge in [0.25, 0.3) is 0 Å². The van der Waals surface area contributed by atoms with E-state index in [9.17, 15) is 4.79 Å². The summed E-state index contributed by atoms with van der Waals surface area (Å²) in [6, 6.07) is 0.121. The maximum Gasteiger partial charge on any atom is 0.315 e. The lowest BCUT2D eigenvalue weighted by molar-refractivity contribution is -0.108. The van der Waals surface area contributed by atoms with Crippen LogP contribution in [0.2, 0.25) is 0 Å². The third kappa shape index (κ3) is 3.69. The Hall–Kier alpha value is -0.810. The summed E-state index contributed by atoms with van der Waals surface area (Å²) >= 11 is 0. The first-order valence-electron chi connectivity index (χ1n) is 8.08. The molecule has 0 aromatic heterocycles. The highest BCUT2D eigenvalue weighted by atomic mass is 16.5. The van der Waals surface area contributed by atoms with Gasteiger partial charge in [0, 0.05) is 30.6 Å². The summed E-state index contributed by atoms with van der Waals surface area (Å²) in [5.74, 6) is 0.986. The zero-order valence-electron chi connectivity index (χ0n) is 13.9. The zero-order chi connectivity index (χ0) is 15.6. The van der Waals surface area contributed by atoms with Crippen molar-refractivity contribution in [2.75, 3.05) is 19.8 Å². The van der Waals surface area contributed by atoms with Crippen molar-refractivity contribution in [3.8, 4) is 0 Å². The summed E-state index contributed by atoms with van der Waals surface area (Å²) in [5.41, 5.74) is 0.0237. The normalized spacial score (nSPS) is 31.4. The SMILES string of the molecule is CC(C)COC[C@H](C)NC(=O)N[C@@H]1[C@@H]2CCO[C@H]2C1(C)C. The summed E-state index contributed by atoms with van der Waals surface area (Å²) in [6.07, 6.45) is 1.35. The van der Waals surface area contributed by atoms with E-state index in [0.29, 0.717) is 24.5 Å². The van der Waals surface area contributed by atoms with Gasteiger partial charge in [0.2, 0.25) is 0 Å². The van der Waals surface area contributed by atoms with E-state index in [-0.39, 0.29) is 23.5 Å². The fourth-order valence-corrected chi connectivity index (χ4v) is 3.55. The predicted molar refractivity (Wildman–Crippen MR) is 82.2 cm³/mol. The summed E-state index contributed by atoms with van der Waals surface area (Å²) in [4.78, 5) is 12.1. The smallest absolute Gasteiger partial charge is 0.315 e. The van der Waals surface area contributed by atoms with Crippen LogP contribution in [-0.2, 0) is 9.47 Å². The monoisotopic (exact) mass is 298 g/mol. The van der Waals surface area contributed by atoms with Crippen LogP contribution < -0.4 is 10.6 Å². The van der Waals surface area contributed by atoms with Crippen molar-refractivity contribution < 1.29 is 14.3 Å². The van der Waals surface area contributed by atoms with E-state index in [1.54, 1.807) is 0 Å². The average molecular weight is 298 g/mol. The predicted octanol–water partition coefficient (Wildman–Crippen LogP) is 2.16. The van der Waals surface area contributed by atoms with Gasteiger partial charge in [-0.1, -0.05) is 27.7 Å². The van der Waals surface area contributed by atoms with Crippen molar-refractivity contribution >= 4 is 6.03 Å². The number of nitrogens with one attached hydrogen (secondary N) is 2. The van der Waals surface area contributed by atoms with E-state index in [1.165, 1.54) is 0 Å². The van der Waals surface area contributed by atoms with Gasteiger partial charge in [-0.3, -0.25) is 0 Å². The van der Waals surface area contributed by atoms with Crippen molar-refractivity contribution in [2.45, 2.75) is 59.2 Å². The molecule has 5 nitrogen and oxygen atoms in total. The highest BCUT2D eigenvalue weighted by molar-refractivity contribution is 5.75. The van der Waals surface area contributed by atoms with Crippen LogP contribution in [0.5, 0.6) is 0 Å². The standard InChI is InChI=1S/C16H30N2O3/c1-10(2)8-20-9-11(3)17-15(19)18-13-12-6-7-21-14(12)16(13,4)5/h10-14H,6-9H2,1-5H3,(H2,17,18,19)/t11-,12-,13+,14+/m0/s1. The van der Waals surface area contributed by atoms with Crippen molar-refractivity contribution in [3.63, 3.8) is 0 Å². The van der Waals surface area contributed by atoms with E-state index in [1.807, 2.05) is 6.92 Å². The minimum Gasteiger partial charge on any atom is -0.379 e. The molecule has 0 unspecified atom stereocenters. The van der Waals surface area contributed by atoms with Crippen LogP contribution in [0.4, 0.5) is 4.79 Å². The number of hydrogen-bond donors (Lipinski definition) is 2. The number of hydrogen-bond acceptors (Lipinski definition) is 3. The van der Waals surface area contributed by atoms with Gasteiger partial charge in [-0.2, -0.15) is 0 Å². The maximum absolute atomic E-state index is 12.1. The Kier molecular flexibility index (Phi) is 5.15. The average Bonchev–Trinajstić information content (AvgIpc) is 2.82. The van der Waals surface area contributed by atoms with Crippen molar-refractivity contribution in [3.05, 3.63) is 0 Å². The molecule has 2 amide bonds. The van der Waals surface area contributed by atoms with E-state index in [0.717, 1.165) is 19.6 Å².